The van der Waals surface area contributed by atoms with E-state index in [1.54, 1.807) is 0 Å². The van der Waals surface area contributed by atoms with Crippen molar-refractivity contribution in [3.63, 3.8) is 0 Å². The highest BCUT2D eigenvalue weighted by molar-refractivity contribution is 5.92. The van der Waals surface area contributed by atoms with Gasteiger partial charge in [0.25, 0.3) is 0 Å². The van der Waals surface area contributed by atoms with Gasteiger partial charge < -0.3 is 20.7 Å². The van der Waals surface area contributed by atoms with Gasteiger partial charge in [0.15, 0.2) is 0 Å². The van der Waals surface area contributed by atoms with E-state index in [0.717, 1.165) is 11.0 Å². The van der Waals surface area contributed by atoms with E-state index < -0.39 is 0 Å². The number of nitrogens with two attached hydrogens (primary N) is 1. The molecule has 0 saturated carbocycles. The maximum Gasteiger partial charge on any atom is 0.0459 e. The summed E-state index contributed by atoms with van der Waals surface area (Å²) in [6.45, 7) is 0. The van der Waals surface area contributed by atoms with Gasteiger partial charge >= 0.3 is 0 Å². The van der Waals surface area contributed by atoms with Gasteiger partial charge in [0, 0.05) is 68.7 Å². The van der Waals surface area contributed by atoms with Gasteiger partial charge in [-0.25, -0.2) is 0 Å². The molecule has 0 spiro atoms. The molecule has 6 aromatic rings. The zero-order valence-corrected chi connectivity index (χ0v) is 16.9. The van der Waals surface area contributed by atoms with Crippen LogP contribution < -0.4 is 5.73 Å². The highest BCUT2D eigenvalue weighted by Gasteiger charge is 2.44. The molecular weight excluding hydrogens is 380 g/mol. The molecule has 3 aromatic carbocycles. The first-order valence-electron chi connectivity index (χ1n) is 10.8. The van der Waals surface area contributed by atoms with Crippen molar-refractivity contribution in [1.82, 2.24) is 15.0 Å². The van der Waals surface area contributed by atoms with Crippen molar-refractivity contribution in [3.05, 3.63) is 108 Å². The summed E-state index contributed by atoms with van der Waals surface area (Å²) < 4.78 is 0. The molecule has 5 N–H and O–H groups in total. The Morgan fingerprint density at radius 2 is 1.10 bits per heavy atom. The highest BCUT2D eigenvalue weighted by atomic mass is 14.8. The number of fused-ring (bicyclic) bond motifs is 5. The number of aromatic nitrogens is 3. The third-order valence-corrected chi connectivity index (χ3v) is 7.08. The van der Waals surface area contributed by atoms with Crippen LogP contribution in [0.2, 0.25) is 0 Å². The van der Waals surface area contributed by atoms with E-state index in [0.29, 0.717) is 0 Å². The number of para-hydroxylation sites is 3. The maximum atomic E-state index is 7.13. The summed E-state index contributed by atoms with van der Waals surface area (Å²) in [5, 5.41) is 3.76. The second-order valence-corrected chi connectivity index (χ2v) is 8.61. The number of hydrogen-bond acceptors (Lipinski definition) is 1. The van der Waals surface area contributed by atoms with Crippen LogP contribution in [0.1, 0.15) is 34.2 Å². The average Bonchev–Trinajstić information content (AvgIpc) is 3.55. The van der Waals surface area contributed by atoms with E-state index >= 15 is 0 Å². The largest absolute Gasteiger partial charge is 0.361 e. The lowest BCUT2D eigenvalue weighted by Crippen LogP contribution is -2.30. The van der Waals surface area contributed by atoms with Crippen LogP contribution in [-0.4, -0.2) is 21.0 Å². The predicted octanol–water partition coefficient (Wildman–Crippen LogP) is 5.74. The van der Waals surface area contributed by atoms with Crippen molar-refractivity contribution in [3.8, 4) is 0 Å². The second-order valence-electron chi connectivity index (χ2n) is 8.61. The van der Waals surface area contributed by atoms with Crippen LogP contribution in [0.15, 0.2) is 85.2 Å². The fraction of sp³-hybridized carbons (Fsp3) is 0.111. The maximum absolute atomic E-state index is 7.13. The summed E-state index contributed by atoms with van der Waals surface area (Å²) in [5.41, 5.74) is 15.7. The Bertz CT molecular complexity index is 1580. The van der Waals surface area contributed by atoms with Crippen molar-refractivity contribution in [2.24, 2.45) is 5.73 Å². The van der Waals surface area contributed by atoms with Crippen molar-refractivity contribution >= 4 is 32.7 Å². The first-order chi connectivity index (χ1) is 15.3. The van der Waals surface area contributed by atoms with Crippen molar-refractivity contribution in [1.29, 1.82) is 0 Å². The van der Waals surface area contributed by atoms with Gasteiger partial charge in [0.05, 0.1) is 0 Å². The number of benzene rings is 3. The molecule has 3 heterocycles. The molecule has 3 atom stereocenters. The molecule has 0 saturated heterocycles. The Balaban J connectivity index is 1.53. The molecule has 0 radical (unpaired) electrons. The number of rotatable bonds is 2. The molecule has 1 unspecified atom stereocenters. The normalized spacial score (nSPS) is 20.7. The standard InChI is InChI=1S/C27H22N4/c28-26-23(18-13-29-20-10-4-1-7-15(18)20)24-17-9-3-6-12-22(17)31-27(24)25(26)19-14-30-21-11-5-2-8-16(19)21/h1-14,23,25-26,29-31H,28H2/t23-,25+,26?/m1/s1. The molecule has 7 rings (SSSR count). The second kappa shape index (κ2) is 6.13. The molecule has 3 aromatic heterocycles. The fourth-order valence-corrected chi connectivity index (χ4v) is 5.77. The van der Waals surface area contributed by atoms with Gasteiger partial charge in [-0.1, -0.05) is 54.6 Å². The Labute approximate surface area is 179 Å². The monoisotopic (exact) mass is 402 g/mol. The summed E-state index contributed by atoms with van der Waals surface area (Å²) in [6.07, 6.45) is 4.29. The van der Waals surface area contributed by atoms with Crippen LogP contribution in [0.4, 0.5) is 0 Å². The summed E-state index contributed by atoms with van der Waals surface area (Å²) >= 11 is 0. The molecule has 4 heteroatoms. The topological polar surface area (TPSA) is 73.4 Å². The first-order valence-corrected chi connectivity index (χ1v) is 10.8. The Hall–Kier alpha value is -3.76. The van der Waals surface area contributed by atoms with E-state index in [-0.39, 0.29) is 17.9 Å². The van der Waals surface area contributed by atoms with Gasteiger partial charge in [-0.05, 0) is 34.9 Å². The number of H-pyrrole nitrogens is 3. The zero-order chi connectivity index (χ0) is 20.5. The molecular formula is C27H22N4. The summed E-state index contributed by atoms with van der Waals surface area (Å²) in [7, 11) is 0. The quantitative estimate of drug-likeness (QED) is 0.293. The summed E-state index contributed by atoms with van der Waals surface area (Å²) in [4.78, 5) is 10.7. The minimum Gasteiger partial charge on any atom is -0.361 e. The molecule has 31 heavy (non-hydrogen) atoms. The highest BCUT2D eigenvalue weighted by Crippen LogP contribution is 2.52. The van der Waals surface area contributed by atoms with Crippen LogP contribution in [-0.2, 0) is 0 Å². The van der Waals surface area contributed by atoms with Gasteiger partial charge in [-0.3, -0.25) is 0 Å². The van der Waals surface area contributed by atoms with E-state index in [2.05, 4.69) is 100 Å². The van der Waals surface area contributed by atoms with Crippen LogP contribution in [0.5, 0.6) is 0 Å². The Kier molecular flexibility index (Phi) is 3.35. The lowest BCUT2D eigenvalue weighted by atomic mass is 9.85. The van der Waals surface area contributed by atoms with Crippen LogP contribution in [0, 0.1) is 0 Å². The van der Waals surface area contributed by atoms with E-state index in [4.69, 9.17) is 5.73 Å². The summed E-state index contributed by atoms with van der Waals surface area (Å²) in [6, 6.07) is 25.5. The SMILES string of the molecule is NC1[C@H](c2c[nH]c3ccccc23)c2c([nH]c3ccccc23)[C@H]1c1c[nH]c2ccccc12. The number of hydrogen-bond donors (Lipinski definition) is 4. The van der Waals surface area contributed by atoms with Crippen LogP contribution in [0.3, 0.4) is 0 Å². The fourth-order valence-electron chi connectivity index (χ4n) is 5.77. The predicted molar refractivity (Wildman–Crippen MR) is 127 cm³/mol. The number of aromatic amines is 3. The molecule has 4 nitrogen and oxygen atoms in total. The Morgan fingerprint density at radius 3 is 1.74 bits per heavy atom. The summed E-state index contributed by atoms with van der Waals surface area (Å²) in [5.74, 6) is 0.207. The van der Waals surface area contributed by atoms with Crippen molar-refractivity contribution < 1.29 is 0 Å². The Morgan fingerprint density at radius 1 is 0.581 bits per heavy atom. The third kappa shape index (κ3) is 2.23. The average molecular weight is 403 g/mol. The van der Waals surface area contributed by atoms with Gasteiger partial charge in [-0.15, -0.1) is 0 Å². The molecule has 0 bridgehead atoms. The molecule has 1 aliphatic carbocycles. The van der Waals surface area contributed by atoms with Crippen molar-refractivity contribution in [2.75, 3.05) is 0 Å². The minimum atomic E-state index is -0.0655. The molecule has 0 amide bonds. The van der Waals surface area contributed by atoms with Crippen LogP contribution in [0.25, 0.3) is 32.7 Å². The van der Waals surface area contributed by atoms with Gasteiger partial charge in [0.1, 0.15) is 0 Å². The van der Waals surface area contributed by atoms with E-state index in [1.807, 2.05) is 0 Å². The third-order valence-electron chi connectivity index (χ3n) is 7.08. The zero-order valence-electron chi connectivity index (χ0n) is 16.9. The van der Waals surface area contributed by atoms with E-state index in [1.165, 1.54) is 44.1 Å². The molecule has 0 aliphatic heterocycles. The van der Waals surface area contributed by atoms with E-state index in [9.17, 15) is 0 Å². The van der Waals surface area contributed by atoms with Gasteiger partial charge in [0.2, 0.25) is 0 Å². The van der Waals surface area contributed by atoms with Crippen molar-refractivity contribution in [2.45, 2.75) is 17.9 Å². The molecule has 150 valence electrons. The molecule has 1 aliphatic rings. The molecule has 0 fully saturated rings. The smallest absolute Gasteiger partial charge is 0.0459 e. The first kappa shape index (κ1) is 17.0. The minimum absolute atomic E-state index is 0.0655. The lowest BCUT2D eigenvalue weighted by molar-refractivity contribution is 0.586. The van der Waals surface area contributed by atoms with Gasteiger partial charge in [-0.2, -0.15) is 0 Å². The number of nitrogens with one attached hydrogen (secondary N) is 3. The van der Waals surface area contributed by atoms with Crippen LogP contribution >= 0.6 is 0 Å². The lowest BCUT2D eigenvalue weighted by Gasteiger charge is -2.22.